The lowest BCUT2D eigenvalue weighted by Crippen LogP contribution is -2.19. The average Bonchev–Trinajstić information content (AvgIpc) is 3.25. The Morgan fingerprint density at radius 3 is 2.61 bits per heavy atom. The van der Waals surface area contributed by atoms with Gasteiger partial charge in [0.25, 0.3) is 0 Å². The minimum atomic E-state index is -0.0331. The number of anilines is 2. The number of hydrogen-bond donors (Lipinski definition) is 3. The van der Waals surface area contributed by atoms with Crippen molar-refractivity contribution < 1.29 is 0 Å². The van der Waals surface area contributed by atoms with E-state index in [1.807, 2.05) is 49.0 Å². The number of nitrogen functional groups attached to an aromatic ring is 1. The lowest BCUT2D eigenvalue weighted by atomic mass is 10.0. The average molecular weight is 377 g/mol. The minimum absolute atomic E-state index is 0.0331. The van der Waals surface area contributed by atoms with E-state index in [4.69, 9.17) is 5.73 Å². The zero-order valence-corrected chi connectivity index (χ0v) is 16.3. The number of imidazole rings is 2. The molecule has 0 fully saturated rings. The van der Waals surface area contributed by atoms with Gasteiger partial charge in [-0.05, 0) is 31.9 Å². The van der Waals surface area contributed by atoms with Crippen molar-refractivity contribution in [2.45, 2.75) is 33.7 Å². The molecule has 144 valence electrons. The maximum atomic E-state index is 5.97. The van der Waals surface area contributed by atoms with Crippen LogP contribution in [0.1, 0.15) is 37.2 Å². The first-order valence-corrected chi connectivity index (χ1v) is 9.14. The van der Waals surface area contributed by atoms with E-state index in [-0.39, 0.29) is 17.9 Å². The van der Waals surface area contributed by atoms with Crippen LogP contribution in [0.2, 0.25) is 0 Å². The Hall–Kier alpha value is -3.49. The largest absolute Gasteiger partial charge is 0.368 e. The predicted octanol–water partition coefficient (Wildman–Crippen LogP) is 2.92. The summed E-state index contributed by atoms with van der Waals surface area (Å²) in [6.07, 6.45) is 5.61. The van der Waals surface area contributed by atoms with Gasteiger partial charge < -0.3 is 20.4 Å². The molecule has 0 aliphatic heterocycles. The number of aromatic amines is 1. The number of nitrogens with one attached hydrogen (secondary N) is 2. The highest BCUT2D eigenvalue weighted by atomic mass is 15.2. The quantitative estimate of drug-likeness (QED) is 0.488. The number of H-pyrrole nitrogens is 1. The molecule has 9 heteroatoms. The van der Waals surface area contributed by atoms with Crippen molar-refractivity contribution >= 4 is 17.4 Å². The van der Waals surface area contributed by atoms with Gasteiger partial charge >= 0.3 is 0 Å². The van der Waals surface area contributed by atoms with Crippen LogP contribution in [-0.4, -0.2) is 34.3 Å². The molecule has 28 heavy (non-hydrogen) atoms. The molecule has 0 bridgehead atoms. The second-order valence-corrected chi connectivity index (χ2v) is 7.15. The molecule has 4 heterocycles. The van der Waals surface area contributed by atoms with Gasteiger partial charge in [0.05, 0.1) is 29.6 Å². The molecule has 0 saturated heterocycles. The first kappa shape index (κ1) is 17.9. The number of fused-ring (bicyclic) bond motifs is 1. The van der Waals surface area contributed by atoms with Gasteiger partial charge in [-0.15, -0.1) is 0 Å². The summed E-state index contributed by atoms with van der Waals surface area (Å²) < 4.78 is 1.99. The van der Waals surface area contributed by atoms with E-state index in [1.165, 1.54) is 0 Å². The molecule has 4 aromatic heterocycles. The Morgan fingerprint density at radius 2 is 1.89 bits per heavy atom. The minimum Gasteiger partial charge on any atom is -0.368 e. The van der Waals surface area contributed by atoms with E-state index in [0.717, 1.165) is 28.4 Å². The molecule has 0 aliphatic rings. The van der Waals surface area contributed by atoms with Crippen molar-refractivity contribution in [2.24, 2.45) is 5.92 Å². The Labute approximate surface area is 162 Å². The number of nitrogens with two attached hydrogens (primary N) is 1. The van der Waals surface area contributed by atoms with Crippen LogP contribution in [-0.2, 0) is 0 Å². The highest BCUT2D eigenvalue weighted by Crippen LogP contribution is 2.25. The van der Waals surface area contributed by atoms with Gasteiger partial charge in [-0.1, -0.05) is 13.8 Å². The molecule has 1 atom stereocenters. The number of nitrogens with zero attached hydrogens (tertiary/aromatic N) is 6. The maximum Gasteiger partial charge on any atom is 0.228 e. The van der Waals surface area contributed by atoms with E-state index in [1.54, 1.807) is 0 Å². The fourth-order valence-corrected chi connectivity index (χ4v) is 3.18. The van der Waals surface area contributed by atoms with Crippen molar-refractivity contribution in [2.75, 3.05) is 11.1 Å². The highest BCUT2D eigenvalue weighted by molar-refractivity contribution is 5.61. The fraction of sp³-hybridized carbons (Fsp3) is 0.316. The Balaban J connectivity index is 1.70. The van der Waals surface area contributed by atoms with Crippen molar-refractivity contribution in [1.82, 2.24) is 34.3 Å². The standard InChI is InChI=1S/C19H23N9/c1-10(2)16(15-8-21-11(3)23-15)24-19-26-17(25-18(20)27-19)13-5-6-14-7-22-12(4)28(14)9-13/h5-10,16H,1-4H3,(H,21,23)(H3,20,24,25,26,27)/t16-/m0/s1. The number of aromatic nitrogens is 7. The summed E-state index contributed by atoms with van der Waals surface area (Å²) in [5, 5.41) is 3.37. The first-order valence-electron chi connectivity index (χ1n) is 9.14. The molecule has 9 nitrogen and oxygen atoms in total. The van der Waals surface area contributed by atoms with E-state index in [0.29, 0.717) is 11.8 Å². The molecule has 0 amide bonds. The summed E-state index contributed by atoms with van der Waals surface area (Å²) in [6.45, 7) is 8.11. The van der Waals surface area contributed by atoms with Crippen LogP contribution in [0.5, 0.6) is 0 Å². The predicted molar refractivity (Wildman–Crippen MR) is 108 cm³/mol. The third-order valence-electron chi connectivity index (χ3n) is 4.63. The van der Waals surface area contributed by atoms with Crippen LogP contribution in [0, 0.1) is 19.8 Å². The molecule has 0 spiro atoms. The van der Waals surface area contributed by atoms with E-state index >= 15 is 0 Å². The number of aryl methyl sites for hydroxylation is 2. The number of hydrogen-bond acceptors (Lipinski definition) is 7. The third-order valence-corrected chi connectivity index (χ3v) is 4.63. The second kappa shape index (κ2) is 6.91. The molecular weight excluding hydrogens is 354 g/mol. The van der Waals surface area contributed by atoms with Gasteiger partial charge in [-0.2, -0.15) is 15.0 Å². The molecule has 4 aromatic rings. The lowest BCUT2D eigenvalue weighted by molar-refractivity contribution is 0.532. The van der Waals surface area contributed by atoms with Crippen LogP contribution in [0.3, 0.4) is 0 Å². The van der Waals surface area contributed by atoms with Gasteiger partial charge in [0.2, 0.25) is 11.9 Å². The molecule has 4 rings (SSSR count). The third kappa shape index (κ3) is 3.38. The van der Waals surface area contributed by atoms with Gasteiger partial charge in [0, 0.05) is 11.8 Å². The maximum absolute atomic E-state index is 5.97. The van der Waals surface area contributed by atoms with Crippen LogP contribution in [0.15, 0.2) is 30.7 Å². The van der Waals surface area contributed by atoms with E-state index in [9.17, 15) is 0 Å². The molecular formula is C19H23N9. The van der Waals surface area contributed by atoms with Gasteiger partial charge in [-0.25, -0.2) is 9.97 Å². The molecule has 0 aliphatic carbocycles. The summed E-state index contributed by atoms with van der Waals surface area (Å²) in [5.41, 5.74) is 8.80. The topological polar surface area (TPSA) is 123 Å². The summed E-state index contributed by atoms with van der Waals surface area (Å²) in [7, 11) is 0. The SMILES string of the molecule is Cc1ncc([C@@H](Nc2nc(N)nc(-c3ccc4cnc(C)n4c3)n2)C(C)C)[nH]1. The first-order chi connectivity index (χ1) is 13.4. The monoisotopic (exact) mass is 377 g/mol. The van der Waals surface area contributed by atoms with E-state index in [2.05, 4.69) is 49.1 Å². The molecule has 0 saturated carbocycles. The second-order valence-electron chi connectivity index (χ2n) is 7.15. The van der Waals surface area contributed by atoms with Crippen LogP contribution in [0.4, 0.5) is 11.9 Å². The van der Waals surface area contributed by atoms with Crippen molar-refractivity contribution in [1.29, 1.82) is 0 Å². The zero-order valence-electron chi connectivity index (χ0n) is 16.3. The fourth-order valence-electron chi connectivity index (χ4n) is 3.18. The molecule has 4 N–H and O–H groups in total. The summed E-state index contributed by atoms with van der Waals surface area (Å²) in [4.78, 5) is 25.1. The zero-order chi connectivity index (χ0) is 19.8. The smallest absolute Gasteiger partial charge is 0.228 e. The van der Waals surface area contributed by atoms with Crippen LogP contribution in [0.25, 0.3) is 16.9 Å². The van der Waals surface area contributed by atoms with Crippen molar-refractivity contribution in [3.63, 3.8) is 0 Å². The molecule has 0 aromatic carbocycles. The highest BCUT2D eigenvalue weighted by Gasteiger charge is 2.20. The molecule has 0 radical (unpaired) electrons. The normalized spacial score (nSPS) is 12.6. The van der Waals surface area contributed by atoms with Crippen LogP contribution < -0.4 is 11.1 Å². The molecule has 0 unspecified atom stereocenters. The van der Waals surface area contributed by atoms with Gasteiger partial charge in [0.15, 0.2) is 5.82 Å². The van der Waals surface area contributed by atoms with Crippen molar-refractivity contribution in [3.05, 3.63) is 48.1 Å². The summed E-state index contributed by atoms with van der Waals surface area (Å²) in [6, 6.07) is 3.90. The summed E-state index contributed by atoms with van der Waals surface area (Å²) in [5.74, 6) is 3.14. The van der Waals surface area contributed by atoms with E-state index < -0.39 is 0 Å². The lowest BCUT2D eigenvalue weighted by Gasteiger charge is -2.21. The number of rotatable bonds is 5. The Kier molecular flexibility index (Phi) is 4.42. The summed E-state index contributed by atoms with van der Waals surface area (Å²) >= 11 is 0. The Morgan fingerprint density at radius 1 is 1.07 bits per heavy atom. The van der Waals surface area contributed by atoms with Crippen molar-refractivity contribution in [3.8, 4) is 11.4 Å². The number of pyridine rings is 1. The van der Waals surface area contributed by atoms with Gasteiger partial charge in [-0.3, -0.25) is 0 Å². The Bertz CT molecular complexity index is 1130. The van der Waals surface area contributed by atoms with Crippen LogP contribution >= 0.6 is 0 Å². The van der Waals surface area contributed by atoms with Gasteiger partial charge in [0.1, 0.15) is 11.6 Å².